The molecule has 0 N–H and O–H groups in total. The monoisotopic (exact) mass is 352 g/mol. The number of para-hydroxylation sites is 1. The second-order valence-corrected chi connectivity index (χ2v) is 6.54. The molecule has 1 heterocycles. The normalized spacial score (nSPS) is 13.1. The Labute approximate surface area is 150 Å². The number of hydrogen-bond acceptors (Lipinski definition) is 5. The minimum atomic E-state index is -0.370. The summed E-state index contributed by atoms with van der Waals surface area (Å²) in [7, 11) is 0. The number of esters is 1. The second kappa shape index (κ2) is 7.86. The summed E-state index contributed by atoms with van der Waals surface area (Å²) < 4.78 is 5.25. The molecule has 0 radical (unpaired) electrons. The van der Waals surface area contributed by atoms with Gasteiger partial charge in [-0.2, -0.15) is 5.26 Å². The number of ether oxygens (including phenoxy) is 1. The maximum atomic E-state index is 12.1. The van der Waals surface area contributed by atoms with E-state index in [1.807, 2.05) is 24.3 Å². The molecule has 0 aromatic heterocycles. The number of carbonyl (C=O) groups excluding carboxylic acids is 2. The van der Waals surface area contributed by atoms with E-state index in [0.29, 0.717) is 17.9 Å². The predicted molar refractivity (Wildman–Crippen MR) is 95.1 cm³/mol. The average Bonchev–Trinajstić information content (AvgIpc) is 2.65. The Morgan fingerprint density at radius 1 is 1.24 bits per heavy atom. The predicted octanol–water partition coefficient (Wildman–Crippen LogP) is 3.13. The van der Waals surface area contributed by atoms with Crippen molar-refractivity contribution in [2.45, 2.75) is 17.9 Å². The zero-order chi connectivity index (χ0) is 17.6. The summed E-state index contributed by atoms with van der Waals surface area (Å²) in [5.41, 5.74) is 2.14. The van der Waals surface area contributed by atoms with Gasteiger partial charge in [0, 0.05) is 11.4 Å². The van der Waals surface area contributed by atoms with Crippen molar-refractivity contribution in [2.75, 3.05) is 17.2 Å². The van der Waals surface area contributed by atoms with Crippen molar-refractivity contribution in [3.63, 3.8) is 0 Å². The van der Waals surface area contributed by atoms with Crippen molar-refractivity contribution >= 4 is 29.3 Å². The molecule has 3 rings (SSSR count). The van der Waals surface area contributed by atoms with E-state index in [1.54, 1.807) is 29.2 Å². The third-order valence-corrected chi connectivity index (χ3v) is 4.85. The van der Waals surface area contributed by atoms with E-state index >= 15 is 0 Å². The molecule has 2 aromatic carbocycles. The molecule has 0 fully saturated rings. The van der Waals surface area contributed by atoms with Crippen LogP contribution in [0.5, 0.6) is 0 Å². The molecule has 0 aliphatic carbocycles. The van der Waals surface area contributed by atoms with Crippen LogP contribution >= 0.6 is 11.8 Å². The number of hydrogen-bond donors (Lipinski definition) is 0. The van der Waals surface area contributed by atoms with Gasteiger partial charge in [0.15, 0.2) is 0 Å². The first-order valence-corrected chi connectivity index (χ1v) is 8.83. The van der Waals surface area contributed by atoms with Gasteiger partial charge in [-0.1, -0.05) is 24.3 Å². The van der Waals surface area contributed by atoms with Crippen LogP contribution in [0.15, 0.2) is 53.4 Å². The molecule has 0 saturated heterocycles. The van der Waals surface area contributed by atoms with Crippen molar-refractivity contribution in [2.24, 2.45) is 0 Å². The largest absolute Gasteiger partial charge is 0.461 e. The highest BCUT2D eigenvalue weighted by atomic mass is 32.2. The van der Waals surface area contributed by atoms with E-state index in [0.717, 1.165) is 16.1 Å². The number of fused-ring (bicyclic) bond motifs is 1. The fourth-order valence-electron chi connectivity index (χ4n) is 2.57. The van der Waals surface area contributed by atoms with Gasteiger partial charge in [0.2, 0.25) is 5.91 Å². The fraction of sp³-hybridized carbons (Fsp3) is 0.211. The molecule has 1 aliphatic rings. The van der Waals surface area contributed by atoms with Gasteiger partial charge < -0.3 is 9.64 Å². The van der Waals surface area contributed by atoms with Crippen molar-refractivity contribution in [1.82, 2.24) is 0 Å². The van der Waals surface area contributed by atoms with Crippen molar-refractivity contribution in [3.05, 3.63) is 59.7 Å². The van der Waals surface area contributed by atoms with Crippen LogP contribution in [0.2, 0.25) is 0 Å². The Bertz CT molecular complexity index is 845. The Balaban J connectivity index is 1.56. The average molecular weight is 352 g/mol. The lowest BCUT2D eigenvalue weighted by molar-refractivity contribution is -0.144. The van der Waals surface area contributed by atoms with Crippen molar-refractivity contribution in [1.29, 1.82) is 5.26 Å². The third kappa shape index (κ3) is 4.20. The number of rotatable bonds is 5. The van der Waals surface area contributed by atoms with E-state index < -0.39 is 0 Å². The van der Waals surface area contributed by atoms with E-state index in [-0.39, 0.29) is 24.9 Å². The molecule has 0 atom stereocenters. The van der Waals surface area contributed by atoms with Crippen LogP contribution in [-0.2, 0) is 20.9 Å². The van der Waals surface area contributed by atoms with E-state index in [1.165, 1.54) is 11.8 Å². The fourth-order valence-corrected chi connectivity index (χ4v) is 3.50. The SMILES string of the molecule is N#Cc1cccc(COC(=O)CCN2C(=O)CSc3ccccc32)c1. The van der Waals surface area contributed by atoms with Gasteiger partial charge >= 0.3 is 5.97 Å². The molecule has 126 valence electrons. The highest BCUT2D eigenvalue weighted by molar-refractivity contribution is 8.00. The lowest BCUT2D eigenvalue weighted by Crippen LogP contribution is -2.37. The molecule has 1 amide bonds. The van der Waals surface area contributed by atoms with Gasteiger partial charge in [-0.15, -0.1) is 11.8 Å². The molecule has 5 nitrogen and oxygen atoms in total. The molecule has 0 saturated carbocycles. The third-order valence-electron chi connectivity index (χ3n) is 3.80. The molecule has 2 aromatic rings. The number of nitrogens with zero attached hydrogens (tertiary/aromatic N) is 2. The van der Waals surface area contributed by atoms with Crippen molar-refractivity contribution < 1.29 is 14.3 Å². The van der Waals surface area contributed by atoms with Gasteiger partial charge in [0.05, 0.1) is 29.5 Å². The number of amides is 1. The zero-order valence-corrected chi connectivity index (χ0v) is 14.3. The second-order valence-electron chi connectivity index (χ2n) is 5.52. The van der Waals surface area contributed by atoms with Gasteiger partial charge in [-0.25, -0.2) is 0 Å². The topological polar surface area (TPSA) is 70.4 Å². The lowest BCUT2D eigenvalue weighted by atomic mass is 10.1. The number of nitriles is 1. The van der Waals surface area contributed by atoms with Crippen LogP contribution in [0.25, 0.3) is 0 Å². The summed E-state index contributed by atoms with van der Waals surface area (Å²) in [6, 6.07) is 16.7. The molecule has 0 spiro atoms. The first-order valence-electron chi connectivity index (χ1n) is 7.84. The Morgan fingerprint density at radius 3 is 2.92 bits per heavy atom. The number of benzene rings is 2. The van der Waals surface area contributed by atoms with E-state index in [9.17, 15) is 9.59 Å². The number of carbonyl (C=O) groups is 2. The summed E-state index contributed by atoms with van der Waals surface area (Å²) in [4.78, 5) is 26.8. The summed E-state index contributed by atoms with van der Waals surface area (Å²) in [5.74, 6) is 0.0107. The summed E-state index contributed by atoms with van der Waals surface area (Å²) in [6.07, 6.45) is 0.128. The molecular formula is C19H16N2O3S. The maximum Gasteiger partial charge on any atom is 0.307 e. The lowest BCUT2D eigenvalue weighted by Gasteiger charge is -2.28. The molecule has 0 bridgehead atoms. The smallest absolute Gasteiger partial charge is 0.307 e. The Kier molecular flexibility index (Phi) is 5.36. The van der Waals surface area contributed by atoms with Crippen LogP contribution in [0, 0.1) is 11.3 Å². The first-order chi connectivity index (χ1) is 12.2. The minimum Gasteiger partial charge on any atom is -0.461 e. The quantitative estimate of drug-likeness (QED) is 0.773. The van der Waals surface area contributed by atoms with Crippen LogP contribution in [0.3, 0.4) is 0 Å². The molecule has 25 heavy (non-hydrogen) atoms. The van der Waals surface area contributed by atoms with Gasteiger partial charge in [0.25, 0.3) is 0 Å². The van der Waals surface area contributed by atoms with E-state index in [4.69, 9.17) is 10.00 Å². The van der Waals surface area contributed by atoms with Gasteiger partial charge in [-0.3, -0.25) is 9.59 Å². The highest BCUT2D eigenvalue weighted by Crippen LogP contribution is 2.34. The Hall–Kier alpha value is -2.78. The molecule has 6 heteroatoms. The van der Waals surface area contributed by atoms with Gasteiger partial charge in [-0.05, 0) is 29.8 Å². The maximum absolute atomic E-state index is 12.1. The van der Waals surface area contributed by atoms with Gasteiger partial charge in [0.1, 0.15) is 6.61 Å². The molecular weight excluding hydrogens is 336 g/mol. The van der Waals surface area contributed by atoms with Crippen LogP contribution in [-0.4, -0.2) is 24.2 Å². The summed E-state index contributed by atoms with van der Waals surface area (Å²) in [5, 5.41) is 8.88. The van der Waals surface area contributed by atoms with Crippen LogP contribution in [0.4, 0.5) is 5.69 Å². The first kappa shape index (κ1) is 17.1. The van der Waals surface area contributed by atoms with Crippen LogP contribution < -0.4 is 4.90 Å². The number of anilines is 1. The summed E-state index contributed by atoms with van der Waals surface area (Å²) >= 11 is 1.51. The Morgan fingerprint density at radius 2 is 2.08 bits per heavy atom. The molecule has 0 unspecified atom stereocenters. The highest BCUT2D eigenvalue weighted by Gasteiger charge is 2.24. The summed E-state index contributed by atoms with van der Waals surface area (Å²) in [6.45, 7) is 0.419. The minimum absolute atomic E-state index is 0.00165. The van der Waals surface area contributed by atoms with E-state index in [2.05, 4.69) is 6.07 Å². The van der Waals surface area contributed by atoms with Crippen LogP contribution in [0.1, 0.15) is 17.5 Å². The van der Waals surface area contributed by atoms with Crippen molar-refractivity contribution in [3.8, 4) is 6.07 Å². The zero-order valence-electron chi connectivity index (χ0n) is 13.5. The molecule has 1 aliphatic heterocycles. The number of thioether (sulfide) groups is 1. The standard InChI is InChI=1S/C19H16N2O3S/c20-11-14-4-3-5-15(10-14)12-24-19(23)8-9-21-16-6-1-2-7-17(16)25-13-18(21)22/h1-7,10H,8-9,12-13H2.